The van der Waals surface area contributed by atoms with Crippen LogP contribution < -0.4 is 0 Å². The molecule has 2 aliphatic heterocycles. The van der Waals surface area contributed by atoms with E-state index >= 15 is 0 Å². The predicted octanol–water partition coefficient (Wildman–Crippen LogP) is 9.10. The fraction of sp³-hybridized carbons (Fsp3) is 0.466. The van der Waals surface area contributed by atoms with E-state index in [4.69, 9.17) is 47.4 Å². The molecule has 442 valence electrons. The molecule has 3 fully saturated rings. The minimum Gasteiger partial charge on any atom is -0.458 e. The van der Waals surface area contributed by atoms with Crippen molar-refractivity contribution in [2.45, 2.75) is 160 Å². The summed E-state index contributed by atoms with van der Waals surface area (Å²) in [6.45, 7) is 7.06. The van der Waals surface area contributed by atoms with E-state index < -0.39 is 109 Å². The summed E-state index contributed by atoms with van der Waals surface area (Å²) in [5.74, 6) is -3.17. The molecule has 0 spiro atoms. The van der Waals surface area contributed by atoms with Crippen LogP contribution in [0.25, 0.3) is 20.9 Å². The lowest BCUT2D eigenvalue weighted by atomic mass is 9.84. The van der Waals surface area contributed by atoms with E-state index in [1.54, 1.807) is 4.90 Å². The minimum absolute atomic E-state index is 0.0527. The van der Waals surface area contributed by atoms with Gasteiger partial charge < -0.3 is 57.2 Å². The number of amides is 2. The van der Waals surface area contributed by atoms with E-state index in [1.165, 1.54) is 25.7 Å². The fourth-order valence-corrected chi connectivity index (χ4v) is 9.59. The number of rotatable bonds is 21. The molecule has 25 nitrogen and oxygen atoms in total. The monoisotopic (exact) mass is 1150 g/mol. The second-order valence-electron chi connectivity index (χ2n) is 19.7. The number of hydrogen-bond acceptors (Lipinski definition) is 19. The highest BCUT2D eigenvalue weighted by Crippen LogP contribution is 2.36. The van der Waals surface area contributed by atoms with Gasteiger partial charge in [-0.2, -0.15) is 0 Å². The number of ether oxygens (including phenoxy) is 10. The topological polar surface area (TPSA) is 316 Å². The summed E-state index contributed by atoms with van der Waals surface area (Å²) in [5, 5.41) is 7.51. The van der Waals surface area contributed by atoms with Gasteiger partial charge in [-0.3, -0.25) is 24.0 Å². The Labute approximate surface area is 479 Å². The van der Waals surface area contributed by atoms with E-state index in [1.807, 2.05) is 121 Å². The molecule has 7 rings (SSSR count). The summed E-state index contributed by atoms with van der Waals surface area (Å²) in [5.41, 5.74) is 22.1. The Morgan fingerprint density at radius 2 is 0.831 bits per heavy atom. The van der Waals surface area contributed by atoms with Crippen LogP contribution in [0.3, 0.4) is 0 Å². The van der Waals surface area contributed by atoms with Crippen LogP contribution in [0.4, 0.5) is 9.59 Å². The van der Waals surface area contributed by atoms with Crippen LogP contribution in [0, 0.1) is 0 Å². The average molecular weight is 1150 g/mol. The number of azide groups is 2. The van der Waals surface area contributed by atoms with Gasteiger partial charge in [-0.25, -0.2) is 9.59 Å². The summed E-state index contributed by atoms with van der Waals surface area (Å²) in [4.78, 5) is 94.6. The van der Waals surface area contributed by atoms with E-state index in [-0.39, 0.29) is 45.7 Å². The van der Waals surface area contributed by atoms with Gasteiger partial charge >= 0.3 is 42.0 Å². The Bertz CT molecular complexity index is 2860. The zero-order chi connectivity index (χ0) is 59.7. The number of carbonyl (C=O) groups is 7. The summed E-state index contributed by atoms with van der Waals surface area (Å²) in [6.07, 6.45) is -8.72. The molecule has 0 aromatic heterocycles. The number of nitrogens with zero attached hydrogens (tertiary/aromatic N) is 8. The molecule has 11 atom stereocenters. The maximum Gasteiger partial charge on any atom is 0.410 e. The zero-order valence-corrected chi connectivity index (χ0v) is 46.7. The highest BCUT2D eigenvalue weighted by molar-refractivity contribution is 5.69. The number of esters is 5. The van der Waals surface area contributed by atoms with Gasteiger partial charge in [0.05, 0.1) is 37.4 Å². The molecule has 1 aliphatic carbocycles. The molecule has 0 N–H and O–H groups in total. The maximum atomic E-state index is 13.4. The molecule has 2 heterocycles. The molecule has 4 aromatic rings. The van der Waals surface area contributed by atoms with Crippen LogP contribution in [0.1, 0.15) is 89.0 Å². The van der Waals surface area contributed by atoms with Gasteiger partial charge in [0.1, 0.15) is 25.4 Å². The molecule has 0 bridgehead atoms. The van der Waals surface area contributed by atoms with Crippen LogP contribution in [0.5, 0.6) is 0 Å². The van der Waals surface area contributed by atoms with E-state index in [0.29, 0.717) is 25.8 Å². The third-order valence-corrected chi connectivity index (χ3v) is 13.1. The second-order valence-corrected chi connectivity index (χ2v) is 19.7. The van der Waals surface area contributed by atoms with Gasteiger partial charge in [-0.15, -0.1) is 0 Å². The van der Waals surface area contributed by atoms with Crippen LogP contribution in [0.15, 0.2) is 132 Å². The van der Waals surface area contributed by atoms with Crippen molar-refractivity contribution >= 4 is 42.0 Å². The summed E-state index contributed by atoms with van der Waals surface area (Å²) >= 11 is 0. The van der Waals surface area contributed by atoms with Crippen LogP contribution >= 0.6 is 0 Å². The summed E-state index contributed by atoms with van der Waals surface area (Å²) < 4.78 is 56.8. The maximum absolute atomic E-state index is 13.4. The van der Waals surface area contributed by atoms with Crippen molar-refractivity contribution in [1.29, 1.82) is 0 Å². The van der Waals surface area contributed by atoms with Gasteiger partial charge in [0.2, 0.25) is 6.29 Å². The number of benzene rings is 4. The van der Waals surface area contributed by atoms with Gasteiger partial charge in [0.25, 0.3) is 0 Å². The summed E-state index contributed by atoms with van der Waals surface area (Å²) in [7, 11) is 0. The Morgan fingerprint density at radius 3 is 1.23 bits per heavy atom. The third-order valence-electron chi connectivity index (χ3n) is 13.1. The van der Waals surface area contributed by atoms with Gasteiger partial charge in [-0.05, 0) is 65.4 Å². The Kier molecular flexibility index (Phi) is 25.0. The highest BCUT2D eigenvalue weighted by Gasteiger charge is 2.51. The molecule has 5 unspecified atom stereocenters. The zero-order valence-electron chi connectivity index (χ0n) is 46.7. The average Bonchev–Trinajstić information content (AvgIpc) is 3.33. The smallest absolute Gasteiger partial charge is 0.410 e. The lowest BCUT2D eigenvalue weighted by Crippen LogP contribution is -2.60. The Morgan fingerprint density at radius 1 is 0.470 bits per heavy atom. The van der Waals surface area contributed by atoms with E-state index in [0.717, 1.165) is 36.1 Å². The van der Waals surface area contributed by atoms with Crippen molar-refractivity contribution in [1.82, 2.24) is 9.80 Å². The Balaban J connectivity index is 0.000000290. The molecule has 1 saturated carbocycles. The van der Waals surface area contributed by atoms with Crippen molar-refractivity contribution < 1.29 is 80.9 Å². The van der Waals surface area contributed by atoms with Gasteiger partial charge in [-0.1, -0.05) is 132 Å². The normalized spacial score (nSPS) is 23.5. The van der Waals surface area contributed by atoms with E-state index in [2.05, 4.69) is 20.1 Å². The van der Waals surface area contributed by atoms with Crippen LogP contribution in [-0.2, 0) is 97.6 Å². The van der Waals surface area contributed by atoms with Crippen LogP contribution in [-0.4, -0.2) is 132 Å². The van der Waals surface area contributed by atoms with Crippen molar-refractivity contribution in [3.63, 3.8) is 0 Å². The minimum atomic E-state index is -1.42. The molecular weight excluding hydrogens is 1080 g/mol. The van der Waals surface area contributed by atoms with Crippen LogP contribution in [0.2, 0.25) is 0 Å². The first-order chi connectivity index (χ1) is 40.0. The van der Waals surface area contributed by atoms with Crippen molar-refractivity contribution in [2.75, 3.05) is 13.1 Å². The predicted molar refractivity (Wildman–Crippen MR) is 292 cm³/mol. The molecule has 83 heavy (non-hydrogen) atoms. The molecule has 3 aliphatic rings. The fourth-order valence-electron chi connectivity index (χ4n) is 9.59. The molecule has 2 saturated heterocycles. The first-order valence-corrected chi connectivity index (χ1v) is 26.9. The lowest BCUT2D eigenvalue weighted by Gasteiger charge is -2.45. The highest BCUT2D eigenvalue weighted by atomic mass is 16.7. The first kappa shape index (κ1) is 63.5. The first-order valence-electron chi connectivity index (χ1n) is 26.9. The molecule has 25 heteroatoms. The second kappa shape index (κ2) is 32.6. The number of hydrogen-bond donors (Lipinski definition) is 0. The van der Waals surface area contributed by atoms with Gasteiger partial charge in [0, 0.05) is 57.5 Å². The van der Waals surface area contributed by atoms with Crippen molar-refractivity contribution in [3.05, 3.63) is 164 Å². The van der Waals surface area contributed by atoms with Crippen molar-refractivity contribution in [2.24, 2.45) is 10.2 Å². The standard InChI is InChI=1S/C33H39N7O10.C25H29NO7/c1-20(41)46-28-15-14-25(18-40(17-23-10-6-4-7-11-23)33(44)45-19-24-12-8-5-9-13-24)49-32(28)50-30-27(37-39-35)16-26(36-38-34)29(47-21(2)42)31(30)48-22(3)43;1-18(27)31-23-14-13-22(33-24(23)32-19(2)28)16-26(15-20-9-5-3-6-10-20)25(29)30-17-21-11-7-4-8-12-21/h4-13,25-32H,14-19H2,1-3H3;3-12,22-24H,13-17H2,1-2H3/t25-,26+,27-,28?,29-,30?,31+,32?;22-,23?,24?/m00/s1. The molecule has 0 radical (unpaired) electrons. The molecule has 4 aromatic carbocycles. The third kappa shape index (κ3) is 21.0. The van der Waals surface area contributed by atoms with E-state index in [9.17, 15) is 44.6 Å². The van der Waals surface area contributed by atoms with Crippen molar-refractivity contribution in [3.8, 4) is 0 Å². The SMILES string of the molecule is CC(=O)OC1CC[C@@H](CN(Cc2ccccc2)C(=O)OCc2ccccc2)OC1OC(C)=O.CC(=O)OC1CC[C@@H](CN(Cc2ccccc2)C(=O)OCc2ccccc2)OC1OC1[C@@H](N=[N+]=[N-])C[C@@H](N=[N+]=[N-])[C@H](OC(C)=O)[C@H]1OC(C)=O. The molecule has 2 amide bonds. The summed E-state index contributed by atoms with van der Waals surface area (Å²) in [6, 6.07) is 35.4. The Hall–Kier alpha value is -8.73. The van der Waals surface area contributed by atoms with Gasteiger partial charge in [0.15, 0.2) is 24.6 Å². The molecular formula is C58H68N8O17. The number of carbonyl (C=O) groups excluding carboxylic acids is 7. The lowest BCUT2D eigenvalue weighted by molar-refractivity contribution is -0.285. The largest absolute Gasteiger partial charge is 0.458 e. The quantitative estimate of drug-likeness (QED) is 0.0247.